The average Bonchev–Trinajstić information content (AvgIpc) is 2.57. The van der Waals surface area contributed by atoms with Crippen LogP contribution in [0.3, 0.4) is 0 Å². The second-order valence-electron chi connectivity index (χ2n) is 5.22. The highest BCUT2D eigenvalue weighted by Gasteiger charge is 2.39. The minimum absolute atomic E-state index is 0.0596. The number of aryl methyl sites for hydroxylation is 1. The summed E-state index contributed by atoms with van der Waals surface area (Å²) in [5, 5.41) is 0.725. The summed E-state index contributed by atoms with van der Waals surface area (Å²) in [4.78, 5) is 13.8. The Morgan fingerprint density at radius 1 is 1.44 bits per heavy atom. The first-order chi connectivity index (χ1) is 8.41. The fourth-order valence-corrected chi connectivity index (χ4v) is 2.78. The molecule has 0 radical (unpaired) electrons. The number of carbonyl (C=O) groups is 1. The van der Waals surface area contributed by atoms with E-state index in [4.69, 9.17) is 17.3 Å². The zero-order chi connectivity index (χ0) is 13.4. The molecule has 18 heavy (non-hydrogen) atoms. The van der Waals surface area contributed by atoms with Gasteiger partial charge in [0.15, 0.2) is 0 Å². The Morgan fingerprint density at radius 3 is 2.67 bits per heavy atom. The monoisotopic (exact) mass is 266 g/mol. The molecule has 3 nitrogen and oxygen atoms in total. The van der Waals surface area contributed by atoms with Crippen LogP contribution in [0.5, 0.6) is 0 Å². The van der Waals surface area contributed by atoms with Crippen molar-refractivity contribution in [2.75, 3.05) is 0 Å². The van der Waals surface area contributed by atoms with E-state index in [0.717, 1.165) is 16.1 Å². The lowest BCUT2D eigenvalue weighted by molar-refractivity contribution is -0.130. The summed E-state index contributed by atoms with van der Waals surface area (Å²) in [5.74, 6) is 0.124. The minimum atomic E-state index is -0.154. The lowest BCUT2D eigenvalue weighted by Gasteiger charge is -2.31. The fourth-order valence-electron chi connectivity index (χ4n) is 2.59. The first-order valence-corrected chi connectivity index (χ1v) is 6.62. The van der Waals surface area contributed by atoms with Crippen molar-refractivity contribution in [1.82, 2.24) is 4.90 Å². The predicted octanol–water partition coefficient (Wildman–Crippen LogP) is 2.66. The van der Waals surface area contributed by atoms with E-state index in [1.54, 1.807) is 0 Å². The van der Waals surface area contributed by atoms with E-state index in [1.807, 2.05) is 43.9 Å². The van der Waals surface area contributed by atoms with E-state index in [-0.39, 0.29) is 24.0 Å². The lowest BCUT2D eigenvalue weighted by Crippen LogP contribution is -2.37. The molecule has 0 spiro atoms. The topological polar surface area (TPSA) is 46.3 Å². The van der Waals surface area contributed by atoms with E-state index in [0.29, 0.717) is 6.42 Å². The van der Waals surface area contributed by atoms with Crippen LogP contribution in [0.15, 0.2) is 18.2 Å². The summed E-state index contributed by atoms with van der Waals surface area (Å²) in [5.41, 5.74) is 8.17. The Morgan fingerprint density at radius 2 is 2.11 bits per heavy atom. The van der Waals surface area contributed by atoms with Crippen molar-refractivity contribution in [3.8, 4) is 0 Å². The maximum Gasteiger partial charge on any atom is 0.225 e. The van der Waals surface area contributed by atoms with Crippen LogP contribution in [0.4, 0.5) is 0 Å². The van der Waals surface area contributed by atoms with Gasteiger partial charge in [-0.1, -0.05) is 23.7 Å². The highest BCUT2D eigenvalue weighted by molar-refractivity contribution is 6.31. The SMILES string of the molecule is Cc1ccc(C2C(N)CC(=O)N2C(C)C)cc1Cl. The van der Waals surface area contributed by atoms with Gasteiger partial charge in [0.1, 0.15) is 0 Å². The third-order valence-corrected chi connectivity index (χ3v) is 3.90. The number of nitrogens with two attached hydrogens (primary N) is 1. The van der Waals surface area contributed by atoms with Gasteiger partial charge in [0.05, 0.1) is 6.04 Å². The number of likely N-dealkylation sites (tertiary alicyclic amines) is 1. The molecule has 1 fully saturated rings. The van der Waals surface area contributed by atoms with Crippen molar-refractivity contribution in [2.24, 2.45) is 5.73 Å². The maximum absolute atomic E-state index is 12.0. The zero-order valence-electron chi connectivity index (χ0n) is 11.0. The highest BCUT2D eigenvalue weighted by atomic mass is 35.5. The molecule has 0 aliphatic carbocycles. The summed E-state index contributed by atoms with van der Waals surface area (Å²) in [6, 6.07) is 5.85. The van der Waals surface area contributed by atoms with E-state index in [1.165, 1.54) is 0 Å². The van der Waals surface area contributed by atoms with Crippen LogP contribution < -0.4 is 5.73 Å². The summed E-state index contributed by atoms with van der Waals surface area (Å²) >= 11 is 6.16. The molecule has 4 heteroatoms. The number of amides is 1. The van der Waals surface area contributed by atoms with Crippen LogP contribution in [-0.4, -0.2) is 22.9 Å². The van der Waals surface area contributed by atoms with Crippen molar-refractivity contribution in [1.29, 1.82) is 0 Å². The molecule has 2 N–H and O–H groups in total. The predicted molar refractivity (Wildman–Crippen MR) is 73.5 cm³/mol. The number of rotatable bonds is 2. The molecule has 0 aromatic heterocycles. The molecular weight excluding hydrogens is 248 g/mol. The van der Waals surface area contributed by atoms with Crippen LogP contribution >= 0.6 is 11.6 Å². The first-order valence-electron chi connectivity index (χ1n) is 6.24. The van der Waals surface area contributed by atoms with Crippen LogP contribution in [-0.2, 0) is 4.79 Å². The number of hydrogen-bond acceptors (Lipinski definition) is 2. The van der Waals surface area contributed by atoms with Crippen molar-refractivity contribution < 1.29 is 4.79 Å². The number of benzene rings is 1. The molecule has 1 amide bonds. The molecule has 98 valence electrons. The van der Waals surface area contributed by atoms with Gasteiger partial charge in [-0.15, -0.1) is 0 Å². The molecule has 1 aliphatic heterocycles. The van der Waals surface area contributed by atoms with Gasteiger partial charge in [-0.2, -0.15) is 0 Å². The summed E-state index contributed by atoms with van der Waals surface area (Å²) in [6.45, 7) is 5.99. The molecule has 1 heterocycles. The van der Waals surface area contributed by atoms with Gasteiger partial charge in [0, 0.05) is 23.5 Å². The maximum atomic E-state index is 12.0. The first kappa shape index (κ1) is 13.4. The van der Waals surface area contributed by atoms with Gasteiger partial charge >= 0.3 is 0 Å². The summed E-state index contributed by atoms with van der Waals surface area (Å²) in [7, 11) is 0. The number of hydrogen-bond donors (Lipinski definition) is 1. The average molecular weight is 267 g/mol. The molecule has 1 aliphatic rings. The van der Waals surface area contributed by atoms with Crippen molar-refractivity contribution in [3.63, 3.8) is 0 Å². The molecule has 1 aromatic carbocycles. The van der Waals surface area contributed by atoms with Crippen LogP contribution in [0.2, 0.25) is 5.02 Å². The van der Waals surface area contributed by atoms with Crippen molar-refractivity contribution in [3.05, 3.63) is 34.3 Å². The second-order valence-corrected chi connectivity index (χ2v) is 5.62. The molecule has 2 rings (SSSR count). The fraction of sp³-hybridized carbons (Fsp3) is 0.500. The number of halogens is 1. The molecule has 0 bridgehead atoms. The Bertz CT molecular complexity index is 473. The molecular formula is C14H19ClN2O. The van der Waals surface area contributed by atoms with E-state index >= 15 is 0 Å². The quantitative estimate of drug-likeness (QED) is 0.895. The molecule has 1 aromatic rings. The van der Waals surface area contributed by atoms with Gasteiger partial charge in [-0.25, -0.2) is 0 Å². The zero-order valence-corrected chi connectivity index (χ0v) is 11.7. The summed E-state index contributed by atoms with van der Waals surface area (Å²) < 4.78 is 0. The van der Waals surface area contributed by atoms with Crippen LogP contribution in [0.25, 0.3) is 0 Å². The molecule has 2 atom stereocenters. The molecule has 2 unspecified atom stereocenters. The highest BCUT2D eigenvalue weighted by Crippen LogP contribution is 2.35. The van der Waals surface area contributed by atoms with E-state index in [2.05, 4.69) is 0 Å². The molecule has 1 saturated heterocycles. The summed E-state index contributed by atoms with van der Waals surface area (Å²) in [6.07, 6.45) is 0.411. The Hall–Kier alpha value is -1.06. The Labute approximate surface area is 113 Å². The standard InChI is InChI=1S/C14H19ClN2O/c1-8(2)17-13(18)7-12(16)14(17)10-5-4-9(3)11(15)6-10/h4-6,8,12,14H,7,16H2,1-3H3. The Balaban J connectivity index is 2.40. The number of carbonyl (C=O) groups excluding carboxylic acids is 1. The van der Waals surface area contributed by atoms with Gasteiger partial charge in [-0.05, 0) is 38.0 Å². The molecule has 0 saturated carbocycles. The van der Waals surface area contributed by atoms with E-state index < -0.39 is 0 Å². The minimum Gasteiger partial charge on any atom is -0.332 e. The van der Waals surface area contributed by atoms with Gasteiger partial charge in [-0.3, -0.25) is 4.79 Å². The van der Waals surface area contributed by atoms with E-state index in [9.17, 15) is 4.79 Å². The Kier molecular flexibility index (Phi) is 3.64. The van der Waals surface area contributed by atoms with Crippen molar-refractivity contribution >= 4 is 17.5 Å². The van der Waals surface area contributed by atoms with Crippen LogP contribution in [0, 0.1) is 6.92 Å². The van der Waals surface area contributed by atoms with Crippen molar-refractivity contribution in [2.45, 2.75) is 45.3 Å². The second kappa shape index (κ2) is 4.90. The number of nitrogens with zero attached hydrogens (tertiary/aromatic N) is 1. The smallest absolute Gasteiger partial charge is 0.225 e. The lowest BCUT2D eigenvalue weighted by atomic mass is 9.99. The normalized spacial score (nSPS) is 24.1. The third kappa shape index (κ3) is 2.25. The van der Waals surface area contributed by atoms with Gasteiger partial charge in [0.2, 0.25) is 5.91 Å². The third-order valence-electron chi connectivity index (χ3n) is 3.50. The van der Waals surface area contributed by atoms with Gasteiger partial charge in [0.25, 0.3) is 0 Å². The van der Waals surface area contributed by atoms with Gasteiger partial charge < -0.3 is 10.6 Å². The largest absolute Gasteiger partial charge is 0.332 e. The van der Waals surface area contributed by atoms with Crippen LogP contribution in [0.1, 0.15) is 37.4 Å².